The van der Waals surface area contributed by atoms with Gasteiger partial charge in [0.2, 0.25) is 0 Å². The predicted octanol–water partition coefficient (Wildman–Crippen LogP) is 5.64. The van der Waals surface area contributed by atoms with Gasteiger partial charge >= 0.3 is 0 Å². The average molecular weight is 375 g/mol. The van der Waals surface area contributed by atoms with Gasteiger partial charge in [-0.15, -0.1) is 0 Å². The van der Waals surface area contributed by atoms with E-state index in [2.05, 4.69) is 48.5 Å². The molecule has 0 amide bonds. The van der Waals surface area contributed by atoms with Crippen LogP contribution in [-0.2, 0) is 23.0 Å². The first-order chi connectivity index (χ1) is 13.7. The van der Waals surface area contributed by atoms with E-state index in [1.54, 1.807) is 23.8 Å². The van der Waals surface area contributed by atoms with Crippen LogP contribution < -0.4 is 4.74 Å². The summed E-state index contributed by atoms with van der Waals surface area (Å²) < 4.78 is 11.3. The Morgan fingerprint density at radius 3 is 2.68 bits per heavy atom. The molecule has 3 aliphatic rings. The SMILES string of the molecule is COc1ccc2c(c1)CCC1=C3CC(OC)CC3CCC12Cc1ccccc1. The van der Waals surface area contributed by atoms with E-state index in [1.165, 1.54) is 36.8 Å². The lowest BCUT2D eigenvalue weighted by Crippen LogP contribution is -2.40. The van der Waals surface area contributed by atoms with Crippen LogP contribution in [0.3, 0.4) is 0 Å². The highest BCUT2D eigenvalue weighted by atomic mass is 16.5. The minimum atomic E-state index is 0.148. The fourth-order valence-corrected chi connectivity index (χ4v) is 6.24. The number of benzene rings is 2. The van der Waals surface area contributed by atoms with Crippen LogP contribution in [0.4, 0.5) is 0 Å². The Labute approximate surface area is 168 Å². The summed E-state index contributed by atoms with van der Waals surface area (Å²) in [6.07, 6.45) is 8.73. The molecule has 3 unspecified atom stereocenters. The Morgan fingerprint density at radius 2 is 1.89 bits per heavy atom. The van der Waals surface area contributed by atoms with Gasteiger partial charge in [-0.25, -0.2) is 0 Å². The predicted molar refractivity (Wildman–Crippen MR) is 113 cm³/mol. The zero-order valence-corrected chi connectivity index (χ0v) is 17.0. The molecule has 0 aliphatic heterocycles. The van der Waals surface area contributed by atoms with Crippen LogP contribution in [0.5, 0.6) is 5.75 Å². The van der Waals surface area contributed by atoms with Crippen LogP contribution in [0.25, 0.3) is 0 Å². The van der Waals surface area contributed by atoms with Crippen molar-refractivity contribution in [3.8, 4) is 5.75 Å². The molecule has 0 radical (unpaired) electrons. The van der Waals surface area contributed by atoms with Crippen molar-refractivity contribution in [2.75, 3.05) is 14.2 Å². The van der Waals surface area contributed by atoms with Crippen LogP contribution in [0.2, 0.25) is 0 Å². The van der Waals surface area contributed by atoms with Crippen LogP contribution in [0.15, 0.2) is 59.7 Å². The van der Waals surface area contributed by atoms with Gasteiger partial charge in [0.05, 0.1) is 13.2 Å². The second kappa shape index (κ2) is 7.08. The second-order valence-corrected chi connectivity index (χ2v) is 8.80. The van der Waals surface area contributed by atoms with Gasteiger partial charge in [-0.05, 0) is 79.7 Å². The Hall–Kier alpha value is -2.06. The molecule has 146 valence electrons. The molecule has 1 saturated carbocycles. The summed E-state index contributed by atoms with van der Waals surface area (Å²) in [5.41, 5.74) is 8.10. The van der Waals surface area contributed by atoms with Gasteiger partial charge in [0.15, 0.2) is 0 Å². The smallest absolute Gasteiger partial charge is 0.119 e. The normalized spacial score (nSPS) is 28.5. The van der Waals surface area contributed by atoms with Crippen molar-refractivity contribution in [1.29, 1.82) is 0 Å². The number of methoxy groups -OCH3 is 2. The van der Waals surface area contributed by atoms with Crippen molar-refractivity contribution in [2.45, 2.75) is 56.5 Å². The zero-order valence-electron chi connectivity index (χ0n) is 17.0. The molecule has 2 aromatic rings. The Balaban J connectivity index is 1.66. The lowest BCUT2D eigenvalue weighted by Gasteiger charge is -2.47. The number of aryl methyl sites for hydroxylation is 1. The second-order valence-electron chi connectivity index (χ2n) is 8.80. The van der Waals surface area contributed by atoms with E-state index >= 15 is 0 Å². The highest BCUT2D eigenvalue weighted by Crippen LogP contribution is 2.56. The molecule has 0 heterocycles. The van der Waals surface area contributed by atoms with Gasteiger partial charge in [-0.1, -0.05) is 47.5 Å². The van der Waals surface area contributed by atoms with Gasteiger partial charge in [-0.3, -0.25) is 0 Å². The lowest BCUT2D eigenvalue weighted by atomic mass is 9.57. The quantitative estimate of drug-likeness (QED) is 0.645. The summed E-state index contributed by atoms with van der Waals surface area (Å²) in [6, 6.07) is 17.9. The largest absolute Gasteiger partial charge is 0.497 e. The number of ether oxygens (including phenoxy) is 2. The Bertz CT molecular complexity index is 898. The van der Waals surface area contributed by atoms with Crippen LogP contribution in [0, 0.1) is 5.92 Å². The number of fused-ring (bicyclic) bond motifs is 4. The molecule has 2 heteroatoms. The summed E-state index contributed by atoms with van der Waals surface area (Å²) in [4.78, 5) is 0. The topological polar surface area (TPSA) is 18.5 Å². The van der Waals surface area contributed by atoms with Crippen molar-refractivity contribution in [3.63, 3.8) is 0 Å². The molecule has 2 nitrogen and oxygen atoms in total. The van der Waals surface area contributed by atoms with Gasteiger partial charge in [0.25, 0.3) is 0 Å². The Kier molecular flexibility index (Phi) is 4.55. The third-order valence-electron chi connectivity index (χ3n) is 7.53. The number of rotatable bonds is 4. The number of allylic oxidation sites excluding steroid dienone is 1. The fourth-order valence-electron chi connectivity index (χ4n) is 6.24. The first-order valence-electron chi connectivity index (χ1n) is 10.7. The minimum absolute atomic E-state index is 0.148. The fraction of sp³-hybridized carbons (Fsp3) is 0.462. The number of hydrogen-bond donors (Lipinski definition) is 0. The van der Waals surface area contributed by atoms with Gasteiger partial charge < -0.3 is 9.47 Å². The molecule has 1 fully saturated rings. The van der Waals surface area contributed by atoms with E-state index in [1.807, 2.05) is 7.11 Å². The van der Waals surface area contributed by atoms with Crippen molar-refractivity contribution < 1.29 is 9.47 Å². The standard InChI is InChI=1S/C26H30O2/c1-27-21-9-11-24-20(15-21)8-10-25-23-16-22(28-2)14-19(23)12-13-26(24,25)17-18-6-4-3-5-7-18/h3-7,9,11,15,19,22H,8,10,12-14,16-17H2,1-2H3. The van der Waals surface area contributed by atoms with Gasteiger partial charge in [-0.2, -0.15) is 0 Å². The molecular formula is C26H30O2. The average Bonchev–Trinajstić information content (AvgIpc) is 3.17. The molecule has 0 bridgehead atoms. The van der Waals surface area contributed by atoms with Crippen LogP contribution >= 0.6 is 0 Å². The van der Waals surface area contributed by atoms with E-state index in [0.717, 1.165) is 30.9 Å². The first-order valence-corrected chi connectivity index (χ1v) is 10.7. The summed E-state index contributed by atoms with van der Waals surface area (Å²) in [7, 11) is 3.65. The van der Waals surface area contributed by atoms with Crippen molar-refractivity contribution in [1.82, 2.24) is 0 Å². The summed E-state index contributed by atoms with van der Waals surface area (Å²) in [5, 5.41) is 0. The third kappa shape index (κ3) is 2.81. The van der Waals surface area contributed by atoms with Crippen molar-refractivity contribution in [2.24, 2.45) is 5.92 Å². The van der Waals surface area contributed by atoms with E-state index < -0.39 is 0 Å². The van der Waals surface area contributed by atoms with E-state index in [0.29, 0.717) is 6.10 Å². The minimum Gasteiger partial charge on any atom is -0.497 e. The highest BCUT2D eigenvalue weighted by molar-refractivity contribution is 5.53. The molecule has 0 aromatic heterocycles. The molecule has 0 N–H and O–H groups in total. The van der Waals surface area contributed by atoms with Crippen LogP contribution in [0.1, 0.15) is 48.8 Å². The van der Waals surface area contributed by atoms with Gasteiger partial charge in [0, 0.05) is 12.5 Å². The first kappa shape index (κ1) is 18.0. The summed E-state index contributed by atoms with van der Waals surface area (Å²) in [5.74, 6) is 1.72. The van der Waals surface area contributed by atoms with Crippen LogP contribution in [-0.4, -0.2) is 20.3 Å². The monoisotopic (exact) mass is 374 g/mol. The summed E-state index contributed by atoms with van der Waals surface area (Å²) >= 11 is 0. The highest BCUT2D eigenvalue weighted by Gasteiger charge is 2.48. The van der Waals surface area contributed by atoms with Crippen molar-refractivity contribution >= 4 is 0 Å². The molecule has 3 atom stereocenters. The van der Waals surface area contributed by atoms with Gasteiger partial charge in [0.1, 0.15) is 5.75 Å². The lowest BCUT2D eigenvalue weighted by molar-refractivity contribution is 0.106. The molecule has 5 rings (SSSR count). The van der Waals surface area contributed by atoms with E-state index in [4.69, 9.17) is 9.47 Å². The molecule has 0 spiro atoms. The maximum atomic E-state index is 5.78. The molecule has 0 saturated heterocycles. The maximum Gasteiger partial charge on any atom is 0.119 e. The molecule has 28 heavy (non-hydrogen) atoms. The van der Waals surface area contributed by atoms with Crippen molar-refractivity contribution in [3.05, 3.63) is 76.4 Å². The van der Waals surface area contributed by atoms with E-state index in [-0.39, 0.29) is 5.41 Å². The Morgan fingerprint density at radius 1 is 1.04 bits per heavy atom. The molecular weight excluding hydrogens is 344 g/mol. The summed E-state index contributed by atoms with van der Waals surface area (Å²) in [6.45, 7) is 0. The molecule has 3 aliphatic carbocycles. The molecule has 2 aromatic carbocycles. The third-order valence-corrected chi connectivity index (χ3v) is 7.53. The number of hydrogen-bond acceptors (Lipinski definition) is 2. The maximum absolute atomic E-state index is 5.78. The zero-order chi connectivity index (χ0) is 19.1. The van der Waals surface area contributed by atoms with E-state index in [9.17, 15) is 0 Å².